The van der Waals surface area contributed by atoms with Gasteiger partial charge in [-0.25, -0.2) is 0 Å². The number of hydrogen-bond acceptors (Lipinski definition) is 3. The predicted molar refractivity (Wildman–Crippen MR) is 114 cm³/mol. The van der Waals surface area contributed by atoms with Crippen LogP contribution in [0.1, 0.15) is 37.7 Å². The van der Waals surface area contributed by atoms with Crippen LogP contribution < -0.4 is 10.6 Å². The molecule has 1 saturated carbocycles. The van der Waals surface area contributed by atoms with Gasteiger partial charge >= 0.3 is 0 Å². The van der Waals surface area contributed by atoms with Crippen molar-refractivity contribution in [3.8, 4) is 0 Å². The SMILES string of the molecule is CCNC(=NCC(CO)c1ccccc1)NCCCOCC1CC1.I. The van der Waals surface area contributed by atoms with Crippen LogP contribution in [0.4, 0.5) is 0 Å². The third-order valence-electron chi connectivity index (χ3n) is 4.11. The zero-order chi connectivity index (χ0) is 17.0. The van der Waals surface area contributed by atoms with Crippen LogP contribution in [0.3, 0.4) is 0 Å². The third-order valence-corrected chi connectivity index (χ3v) is 4.11. The summed E-state index contributed by atoms with van der Waals surface area (Å²) >= 11 is 0. The van der Waals surface area contributed by atoms with E-state index in [2.05, 4.69) is 22.5 Å². The fraction of sp³-hybridized carbons (Fsp3) is 0.632. The molecule has 2 rings (SSSR count). The van der Waals surface area contributed by atoms with Crippen LogP contribution >= 0.6 is 24.0 Å². The van der Waals surface area contributed by atoms with Crippen molar-refractivity contribution in [1.82, 2.24) is 10.6 Å². The van der Waals surface area contributed by atoms with Gasteiger partial charge in [0.1, 0.15) is 0 Å². The Kier molecular flexibility index (Phi) is 11.9. The van der Waals surface area contributed by atoms with Crippen molar-refractivity contribution in [2.45, 2.75) is 32.1 Å². The number of hydrogen-bond donors (Lipinski definition) is 3. The molecule has 25 heavy (non-hydrogen) atoms. The van der Waals surface area contributed by atoms with Gasteiger partial charge in [0, 0.05) is 32.2 Å². The molecule has 1 aromatic rings. The van der Waals surface area contributed by atoms with Crippen molar-refractivity contribution >= 4 is 29.9 Å². The van der Waals surface area contributed by atoms with E-state index < -0.39 is 0 Å². The van der Waals surface area contributed by atoms with Gasteiger partial charge in [-0.1, -0.05) is 30.3 Å². The molecule has 1 aliphatic carbocycles. The molecule has 0 saturated heterocycles. The summed E-state index contributed by atoms with van der Waals surface area (Å²) < 4.78 is 5.64. The molecule has 5 nitrogen and oxygen atoms in total. The Morgan fingerprint density at radius 3 is 2.68 bits per heavy atom. The highest BCUT2D eigenvalue weighted by atomic mass is 127. The van der Waals surface area contributed by atoms with Crippen LogP contribution in [0, 0.1) is 5.92 Å². The molecule has 1 aromatic carbocycles. The van der Waals surface area contributed by atoms with E-state index in [0.29, 0.717) is 6.54 Å². The smallest absolute Gasteiger partial charge is 0.191 e. The minimum absolute atomic E-state index is 0. The predicted octanol–water partition coefficient (Wildman–Crippen LogP) is 2.75. The molecule has 0 bridgehead atoms. The number of aliphatic imine (C=N–C) groups is 1. The van der Waals surface area contributed by atoms with Crippen molar-refractivity contribution in [2.75, 3.05) is 39.5 Å². The second-order valence-electron chi connectivity index (χ2n) is 6.31. The van der Waals surface area contributed by atoms with Crippen molar-refractivity contribution < 1.29 is 9.84 Å². The maximum absolute atomic E-state index is 9.62. The quantitative estimate of drug-likeness (QED) is 0.205. The molecule has 0 amide bonds. The Morgan fingerprint density at radius 2 is 2.04 bits per heavy atom. The van der Waals surface area contributed by atoms with Crippen LogP contribution in [0.5, 0.6) is 0 Å². The number of benzene rings is 1. The number of guanidine groups is 1. The number of aliphatic hydroxyl groups is 1. The molecule has 3 N–H and O–H groups in total. The van der Waals surface area contributed by atoms with Crippen molar-refractivity contribution in [1.29, 1.82) is 0 Å². The number of ether oxygens (including phenoxy) is 1. The first-order chi connectivity index (χ1) is 11.8. The molecule has 1 unspecified atom stereocenters. The average molecular weight is 461 g/mol. The fourth-order valence-electron chi connectivity index (χ4n) is 2.45. The maximum Gasteiger partial charge on any atom is 0.191 e. The number of nitrogens with one attached hydrogen (secondary N) is 2. The van der Waals surface area contributed by atoms with Crippen LogP contribution in [-0.4, -0.2) is 50.5 Å². The number of nitrogens with zero attached hydrogens (tertiary/aromatic N) is 1. The van der Waals surface area contributed by atoms with Gasteiger partial charge in [0.05, 0.1) is 13.2 Å². The minimum atomic E-state index is 0. The maximum atomic E-state index is 9.62. The molecular weight excluding hydrogens is 429 g/mol. The molecule has 0 heterocycles. The summed E-state index contributed by atoms with van der Waals surface area (Å²) in [7, 11) is 0. The number of halogens is 1. The normalized spacial score (nSPS) is 15.4. The second kappa shape index (κ2) is 13.4. The minimum Gasteiger partial charge on any atom is -0.396 e. The lowest BCUT2D eigenvalue weighted by molar-refractivity contribution is 0.123. The lowest BCUT2D eigenvalue weighted by Crippen LogP contribution is -2.38. The molecule has 6 heteroatoms. The van der Waals surface area contributed by atoms with Gasteiger partial charge in [0.15, 0.2) is 5.96 Å². The monoisotopic (exact) mass is 461 g/mol. The lowest BCUT2D eigenvalue weighted by atomic mass is 10.0. The summed E-state index contributed by atoms with van der Waals surface area (Å²) in [6, 6.07) is 10.0. The van der Waals surface area contributed by atoms with Crippen LogP contribution in [0.15, 0.2) is 35.3 Å². The largest absolute Gasteiger partial charge is 0.396 e. The summed E-state index contributed by atoms with van der Waals surface area (Å²) in [4.78, 5) is 4.61. The van der Waals surface area contributed by atoms with Crippen LogP contribution in [-0.2, 0) is 4.74 Å². The second-order valence-corrected chi connectivity index (χ2v) is 6.31. The molecule has 0 radical (unpaired) electrons. The van der Waals surface area contributed by atoms with E-state index in [1.165, 1.54) is 12.8 Å². The van der Waals surface area contributed by atoms with Crippen LogP contribution in [0.25, 0.3) is 0 Å². The molecule has 142 valence electrons. The van der Waals surface area contributed by atoms with E-state index in [9.17, 15) is 5.11 Å². The van der Waals surface area contributed by atoms with Gasteiger partial charge in [0.25, 0.3) is 0 Å². The Bertz CT molecular complexity index is 481. The summed E-state index contributed by atoms with van der Waals surface area (Å²) in [6.07, 6.45) is 3.64. The molecular formula is C19H32IN3O2. The lowest BCUT2D eigenvalue weighted by Gasteiger charge is -2.15. The number of aliphatic hydroxyl groups excluding tert-OH is 1. The van der Waals surface area contributed by atoms with Gasteiger partial charge in [-0.2, -0.15) is 0 Å². The third kappa shape index (κ3) is 9.42. The first-order valence-electron chi connectivity index (χ1n) is 9.09. The Morgan fingerprint density at radius 1 is 1.28 bits per heavy atom. The highest BCUT2D eigenvalue weighted by molar-refractivity contribution is 14.0. The average Bonchev–Trinajstić information content (AvgIpc) is 3.43. The van der Waals surface area contributed by atoms with E-state index in [-0.39, 0.29) is 36.5 Å². The Labute approximate surface area is 168 Å². The van der Waals surface area contributed by atoms with E-state index in [4.69, 9.17) is 4.74 Å². The first-order valence-corrected chi connectivity index (χ1v) is 9.09. The van der Waals surface area contributed by atoms with Crippen molar-refractivity contribution in [2.24, 2.45) is 10.9 Å². The summed E-state index contributed by atoms with van der Waals surface area (Å²) in [5, 5.41) is 16.2. The molecule has 0 spiro atoms. The summed E-state index contributed by atoms with van der Waals surface area (Å²) in [5.74, 6) is 1.66. The summed E-state index contributed by atoms with van der Waals surface area (Å²) in [5.41, 5.74) is 1.12. The fourth-order valence-corrected chi connectivity index (χ4v) is 2.45. The zero-order valence-electron chi connectivity index (χ0n) is 15.1. The topological polar surface area (TPSA) is 65.9 Å². The molecule has 1 atom stereocenters. The summed E-state index contributed by atoms with van der Waals surface area (Å²) in [6.45, 7) is 6.09. The van der Waals surface area contributed by atoms with E-state index in [0.717, 1.165) is 50.2 Å². The first kappa shape index (κ1) is 22.2. The van der Waals surface area contributed by atoms with Gasteiger partial charge < -0.3 is 20.5 Å². The molecule has 1 fully saturated rings. The van der Waals surface area contributed by atoms with E-state index >= 15 is 0 Å². The van der Waals surface area contributed by atoms with Gasteiger partial charge in [-0.3, -0.25) is 4.99 Å². The van der Waals surface area contributed by atoms with Gasteiger partial charge in [0.2, 0.25) is 0 Å². The van der Waals surface area contributed by atoms with E-state index in [1.807, 2.05) is 30.3 Å². The molecule has 1 aliphatic rings. The highest BCUT2D eigenvalue weighted by Gasteiger charge is 2.20. The molecule has 0 aromatic heterocycles. The van der Waals surface area contributed by atoms with Crippen LogP contribution in [0.2, 0.25) is 0 Å². The highest BCUT2D eigenvalue weighted by Crippen LogP contribution is 2.28. The zero-order valence-corrected chi connectivity index (χ0v) is 17.4. The standard InChI is InChI=1S/C19H31N3O2.HI/c1-2-20-19(21-11-6-12-24-15-16-9-10-16)22-13-18(14-23)17-7-4-3-5-8-17;/h3-5,7-8,16,18,23H,2,6,9-15H2,1H3,(H2,20,21,22);1H. The van der Waals surface area contributed by atoms with Crippen molar-refractivity contribution in [3.05, 3.63) is 35.9 Å². The Balaban J connectivity index is 0.00000312. The number of rotatable bonds is 11. The molecule has 0 aliphatic heterocycles. The van der Waals surface area contributed by atoms with Crippen molar-refractivity contribution in [3.63, 3.8) is 0 Å². The Hall–Kier alpha value is -0.860. The van der Waals surface area contributed by atoms with E-state index in [1.54, 1.807) is 0 Å². The van der Waals surface area contributed by atoms with Gasteiger partial charge in [-0.05, 0) is 37.7 Å². The van der Waals surface area contributed by atoms with Gasteiger partial charge in [-0.15, -0.1) is 24.0 Å².